The first-order chi connectivity index (χ1) is 9.75. The molecule has 1 aliphatic heterocycles. The largest absolute Gasteiger partial charge is 0.345 e. The van der Waals surface area contributed by atoms with Gasteiger partial charge in [0.2, 0.25) is 0 Å². The molecule has 7 heteroatoms. The summed E-state index contributed by atoms with van der Waals surface area (Å²) < 4.78 is 24.1. The third-order valence-electron chi connectivity index (χ3n) is 3.58. The molecule has 1 aromatic rings. The van der Waals surface area contributed by atoms with Crippen LogP contribution < -0.4 is 10.9 Å². The van der Waals surface area contributed by atoms with E-state index < -0.39 is 21.8 Å². The van der Waals surface area contributed by atoms with Crippen LogP contribution in [0.1, 0.15) is 28.5 Å². The smallest absolute Gasteiger partial charge is 0.263 e. The van der Waals surface area contributed by atoms with E-state index in [4.69, 9.17) is 0 Å². The summed E-state index contributed by atoms with van der Waals surface area (Å²) >= 11 is 0. The minimum absolute atomic E-state index is 0.0323. The summed E-state index contributed by atoms with van der Waals surface area (Å²) in [6.07, 6.45) is 2.12. The van der Waals surface area contributed by atoms with Gasteiger partial charge in [0.15, 0.2) is 9.84 Å². The lowest BCUT2D eigenvalue weighted by Crippen LogP contribution is -2.39. The van der Waals surface area contributed by atoms with Crippen molar-refractivity contribution < 1.29 is 13.2 Å². The highest BCUT2D eigenvalue weighted by Crippen LogP contribution is 2.10. The molecule has 0 spiro atoms. The van der Waals surface area contributed by atoms with Gasteiger partial charge in [-0.25, -0.2) is 8.42 Å². The molecular formula is C14H18N2O4S. The quantitative estimate of drug-likeness (QED) is 0.870. The summed E-state index contributed by atoms with van der Waals surface area (Å²) in [5.74, 6) is -0.710. The third kappa shape index (κ3) is 3.07. The number of amides is 1. The number of carbonyl (C=O) groups is 1. The molecule has 6 nitrogen and oxygen atoms in total. The Morgan fingerprint density at radius 2 is 2.14 bits per heavy atom. The van der Waals surface area contributed by atoms with Crippen molar-refractivity contribution in [3.05, 3.63) is 44.7 Å². The number of hydrogen-bond donors (Lipinski definition) is 1. The predicted molar refractivity (Wildman–Crippen MR) is 80.0 cm³/mol. The molecule has 0 radical (unpaired) electrons. The number of hydrogen-bond acceptors (Lipinski definition) is 4. The van der Waals surface area contributed by atoms with Gasteiger partial charge in [-0.3, -0.25) is 9.59 Å². The monoisotopic (exact) mass is 310 g/mol. The van der Waals surface area contributed by atoms with Gasteiger partial charge in [-0.2, -0.15) is 0 Å². The second kappa shape index (κ2) is 5.48. The normalized spacial score (nSPS) is 19.7. The lowest BCUT2D eigenvalue weighted by Gasteiger charge is -2.14. The van der Waals surface area contributed by atoms with E-state index in [-0.39, 0.29) is 16.9 Å². The van der Waals surface area contributed by atoms with Crippen molar-refractivity contribution >= 4 is 15.7 Å². The summed E-state index contributed by atoms with van der Waals surface area (Å²) in [5.41, 5.74) is 1.39. The molecule has 1 aromatic heterocycles. The van der Waals surface area contributed by atoms with Crippen LogP contribution in [0, 0.1) is 6.92 Å². The number of pyridine rings is 1. The van der Waals surface area contributed by atoms with Crippen molar-refractivity contribution in [1.29, 1.82) is 0 Å². The highest BCUT2D eigenvalue weighted by Gasteiger charge is 2.25. The minimum atomic E-state index is -3.24. The number of rotatable bonds is 3. The van der Waals surface area contributed by atoms with Crippen LogP contribution in [0.3, 0.4) is 0 Å². The maximum Gasteiger partial charge on any atom is 0.263 e. The molecule has 1 atom stereocenters. The van der Waals surface area contributed by atoms with E-state index >= 15 is 0 Å². The van der Waals surface area contributed by atoms with Crippen molar-refractivity contribution in [2.45, 2.75) is 26.3 Å². The van der Waals surface area contributed by atoms with Crippen molar-refractivity contribution in [3.8, 4) is 0 Å². The molecule has 114 valence electrons. The summed E-state index contributed by atoms with van der Waals surface area (Å²) in [6.45, 7) is 3.78. The molecule has 0 bridgehead atoms. The first-order valence-corrected chi connectivity index (χ1v) is 8.38. The van der Waals surface area contributed by atoms with E-state index in [1.807, 2.05) is 13.8 Å². The topological polar surface area (TPSA) is 85.2 Å². The van der Waals surface area contributed by atoms with E-state index in [1.165, 1.54) is 10.6 Å². The number of aryl methyl sites for hydroxylation is 1. The van der Waals surface area contributed by atoms with E-state index in [2.05, 4.69) is 5.32 Å². The first-order valence-electron chi connectivity index (χ1n) is 6.66. The number of sulfone groups is 1. The lowest BCUT2D eigenvalue weighted by molar-refractivity contribution is 0.0945. The number of nitrogens with zero attached hydrogens (tertiary/aromatic N) is 1. The Morgan fingerprint density at radius 3 is 2.67 bits per heavy atom. The molecule has 2 heterocycles. The number of aromatic nitrogens is 1. The zero-order chi connectivity index (χ0) is 15.8. The Kier molecular flexibility index (Phi) is 4.04. The average Bonchev–Trinajstić information content (AvgIpc) is 2.73. The molecule has 1 amide bonds. The van der Waals surface area contributed by atoms with E-state index in [0.29, 0.717) is 6.42 Å². The van der Waals surface area contributed by atoms with E-state index in [9.17, 15) is 18.0 Å². The Bertz CT molecular complexity index is 775. The molecular weight excluding hydrogens is 292 g/mol. The Hall–Kier alpha value is -1.89. The molecule has 0 aromatic carbocycles. The van der Waals surface area contributed by atoms with Gasteiger partial charge < -0.3 is 9.88 Å². The summed E-state index contributed by atoms with van der Waals surface area (Å²) in [6, 6.07) is 0.974. The highest BCUT2D eigenvalue weighted by atomic mass is 32.2. The standard InChI is InChI=1S/C14H18N2O4S/c1-4-12-9(2)7-11(14(18)16(12)3)13(17)15-10-5-6-21(19,20)8-10/h5-7,10H,4,8H2,1-3H3,(H,15,17). The third-order valence-corrected chi connectivity index (χ3v) is 4.98. The molecule has 1 aliphatic rings. The fourth-order valence-electron chi connectivity index (χ4n) is 2.52. The fourth-order valence-corrected chi connectivity index (χ4v) is 3.76. The van der Waals surface area contributed by atoms with Gasteiger partial charge in [-0.15, -0.1) is 0 Å². The second-order valence-corrected chi connectivity index (χ2v) is 7.07. The molecule has 0 fully saturated rings. The van der Waals surface area contributed by atoms with Gasteiger partial charge in [0.05, 0.1) is 11.8 Å². The predicted octanol–water partition coefficient (Wildman–Crippen LogP) is 0.297. The van der Waals surface area contributed by atoms with Crippen LogP contribution in [0.5, 0.6) is 0 Å². The summed E-state index contributed by atoms with van der Waals surface area (Å²) in [4.78, 5) is 24.4. The maximum absolute atomic E-state index is 12.2. The lowest BCUT2D eigenvalue weighted by atomic mass is 10.1. The van der Waals surface area contributed by atoms with Crippen LogP contribution in [0.25, 0.3) is 0 Å². The van der Waals surface area contributed by atoms with Gasteiger partial charge in [-0.05, 0) is 31.1 Å². The molecule has 0 saturated carbocycles. The van der Waals surface area contributed by atoms with Crippen molar-refractivity contribution in [2.24, 2.45) is 7.05 Å². The first kappa shape index (κ1) is 15.5. The Morgan fingerprint density at radius 1 is 1.48 bits per heavy atom. The summed E-state index contributed by atoms with van der Waals surface area (Å²) in [5, 5.41) is 3.65. The van der Waals surface area contributed by atoms with Gasteiger partial charge in [0, 0.05) is 18.1 Å². The number of nitrogens with one attached hydrogen (secondary N) is 1. The Labute approximate surface area is 123 Å². The van der Waals surface area contributed by atoms with Gasteiger partial charge >= 0.3 is 0 Å². The molecule has 1 N–H and O–H groups in total. The zero-order valence-electron chi connectivity index (χ0n) is 12.2. The van der Waals surface area contributed by atoms with Gasteiger partial charge in [0.25, 0.3) is 11.5 Å². The number of carbonyl (C=O) groups excluding carboxylic acids is 1. The van der Waals surface area contributed by atoms with Gasteiger partial charge in [0.1, 0.15) is 5.56 Å². The van der Waals surface area contributed by atoms with Crippen LogP contribution in [-0.2, 0) is 23.3 Å². The van der Waals surface area contributed by atoms with Crippen LogP contribution in [0.15, 0.2) is 22.3 Å². The molecule has 0 aliphatic carbocycles. The molecule has 1 unspecified atom stereocenters. The average molecular weight is 310 g/mol. The van der Waals surface area contributed by atoms with Crippen molar-refractivity contribution in [3.63, 3.8) is 0 Å². The van der Waals surface area contributed by atoms with Crippen LogP contribution >= 0.6 is 0 Å². The van der Waals surface area contributed by atoms with Crippen LogP contribution in [-0.4, -0.2) is 30.7 Å². The van der Waals surface area contributed by atoms with E-state index in [1.54, 1.807) is 13.1 Å². The van der Waals surface area contributed by atoms with E-state index in [0.717, 1.165) is 16.7 Å². The molecule has 2 rings (SSSR count). The molecule has 21 heavy (non-hydrogen) atoms. The Balaban J connectivity index is 2.29. The highest BCUT2D eigenvalue weighted by molar-refractivity contribution is 7.94. The molecule has 0 saturated heterocycles. The summed E-state index contributed by atoms with van der Waals surface area (Å²) in [7, 11) is -1.61. The van der Waals surface area contributed by atoms with Crippen molar-refractivity contribution in [1.82, 2.24) is 9.88 Å². The van der Waals surface area contributed by atoms with Crippen LogP contribution in [0.4, 0.5) is 0 Å². The van der Waals surface area contributed by atoms with Crippen LogP contribution in [0.2, 0.25) is 0 Å². The van der Waals surface area contributed by atoms with Gasteiger partial charge in [-0.1, -0.05) is 6.92 Å². The SMILES string of the molecule is CCc1c(C)cc(C(=O)NC2C=CS(=O)(=O)C2)c(=O)n1C. The maximum atomic E-state index is 12.2. The minimum Gasteiger partial charge on any atom is -0.345 e. The fraction of sp³-hybridized carbons (Fsp3) is 0.429. The van der Waals surface area contributed by atoms with Crippen molar-refractivity contribution in [2.75, 3.05) is 5.75 Å². The second-order valence-electron chi connectivity index (χ2n) is 5.14. The zero-order valence-corrected chi connectivity index (χ0v) is 13.0.